The van der Waals surface area contributed by atoms with Crippen molar-refractivity contribution in [3.05, 3.63) is 5.82 Å². The number of anilines is 1. The van der Waals surface area contributed by atoms with E-state index in [-0.39, 0.29) is 11.2 Å². The molecule has 1 heterocycles. The van der Waals surface area contributed by atoms with Crippen LogP contribution in [0.4, 0.5) is 18.3 Å². The number of aromatic nitrogens is 2. The van der Waals surface area contributed by atoms with Gasteiger partial charge in [0.1, 0.15) is 0 Å². The Morgan fingerprint density at radius 2 is 2.19 bits per heavy atom. The van der Waals surface area contributed by atoms with E-state index < -0.39 is 22.8 Å². The Labute approximate surface area is 96.9 Å². The van der Waals surface area contributed by atoms with Gasteiger partial charge < -0.3 is 5.32 Å². The monoisotopic (exact) mass is 273 g/mol. The van der Waals surface area contributed by atoms with Crippen LogP contribution in [0.2, 0.25) is 0 Å². The van der Waals surface area contributed by atoms with Gasteiger partial charge in [0, 0.05) is 40.4 Å². The van der Waals surface area contributed by atoms with Crippen LogP contribution >= 0.6 is 11.5 Å². The number of rotatable bonds is 4. The van der Waals surface area contributed by atoms with Gasteiger partial charge in [-0.3, -0.25) is 4.21 Å². The minimum absolute atomic E-state index is 0.0882. The first-order valence-corrected chi connectivity index (χ1v) is 6.76. The minimum atomic E-state index is -4.52. The van der Waals surface area contributed by atoms with Crippen molar-refractivity contribution in [3.8, 4) is 0 Å². The first-order chi connectivity index (χ1) is 7.29. The molecule has 2 unspecified atom stereocenters. The summed E-state index contributed by atoms with van der Waals surface area (Å²) >= 11 is 0.641. The highest BCUT2D eigenvalue weighted by atomic mass is 32.2. The Hall–Kier alpha value is -0.700. The van der Waals surface area contributed by atoms with Gasteiger partial charge in [-0.2, -0.15) is 22.5 Å². The van der Waals surface area contributed by atoms with E-state index in [1.54, 1.807) is 6.92 Å². The van der Waals surface area contributed by atoms with E-state index in [9.17, 15) is 17.4 Å². The molecule has 2 atom stereocenters. The number of nitrogens with one attached hydrogen (secondary N) is 1. The van der Waals surface area contributed by atoms with Crippen molar-refractivity contribution in [2.45, 2.75) is 19.1 Å². The molecule has 4 nitrogen and oxygen atoms in total. The third-order valence-electron chi connectivity index (χ3n) is 1.53. The second-order valence-electron chi connectivity index (χ2n) is 3.21. The molecule has 1 N–H and O–H groups in total. The zero-order valence-electron chi connectivity index (χ0n) is 8.54. The summed E-state index contributed by atoms with van der Waals surface area (Å²) in [6, 6.07) is -0.208. The van der Waals surface area contributed by atoms with Crippen molar-refractivity contribution >= 4 is 27.5 Å². The van der Waals surface area contributed by atoms with Crippen molar-refractivity contribution in [2.75, 3.05) is 17.3 Å². The largest absolute Gasteiger partial charge is 0.452 e. The van der Waals surface area contributed by atoms with Crippen LogP contribution in [0.15, 0.2) is 0 Å². The topological polar surface area (TPSA) is 54.9 Å². The molecule has 0 saturated carbocycles. The standard InChI is InChI=1S/C7H10F3N3OS2/c1-4(3-16(2)14)11-6-12-5(13-15-6)7(8,9)10/h4H,3H2,1-2H3,(H,11,12,13). The van der Waals surface area contributed by atoms with Gasteiger partial charge in [-0.1, -0.05) is 0 Å². The number of halogens is 3. The number of hydrogen-bond donors (Lipinski definition) is 1. The quantitative estimate of drug-likeness (QED) is 0.908. The molecule has 0 aliphatic rings. The van der Waals surface area contributed by atoms with E-state index in [1.807, 2.05) is 0 Å². The number of alkyl halides is 3. The molecular weight excluding hydrogens is 263 g/mol. The molecular formula is C7H10F3N3OS2. The summed E-state index contributed by atoms with van der Waals surface area (Å²) < 4.78 is 50.5. The lowest BCUT2D eigenvalue weighted by Gasteiger charge is -2.09. The fourth-order valence-electron chi connectivity index (χ4n) is 1.00. The second kappa shape index (κ2) is 5.09. The van der Waals surface area contributed by atoms with Crippen LogP contribution in [0, 0.1) is 0 Å². The summed E-state index contributed by atoms with van der Waals surface area (Å²) in [5.74, 6) is -0.800. The molecule has 0 aliphatic heterocycles. The Kier molecular flexibility index (Phi) is 4.25. The van der Waals surface area contributed by atoms with Crippen molar-refractivity contribution < 1.29 is 17.4 Å². The molecule has 0 spiro atoms. The summed E-state index contributed by atoms with van der Waals surface area (Å²) in [4.78, 5) is 3.30. The summed E-state index contributed by atoms with van der Waals surface area (Å²) in [5.41, 5.74) is 0. The molecule has 1 aromatic heterocycles. The van der Waals surface area contributed by atoms with Crippen LogP contribution in [0.1, 0.15) is 12.7 Å². The second-order valence-corrected chi connectivity index (χ2v) is 5.44. The van der Waals surface area contributed by atoms with Gasteiger partial charge in [-0.25, -0.2) is 0 Å². The summed E-state index contributed by atoms with van der Waals surface area (Å²) in [6.45, 7) is 1.72. The van der Waals surface area contributed by atoms with Gasteiger partial charge in [0.05, 0.1) is 0 Å². The SMILES string of the molecule is CC(CS(C)=O)Nc1nc(C(F)(F)F)ns1. The van der Waals surface area contributed by atoms with Crippen LogP contribution in [0.3, 0.4) is 0 Å². The fraction of sp³-hybridized carbons (Fsp3) is 0.714. The lowest BCUT2D eigenvalue weighted by Crippen LogP contribution is -2.22. The Bertz CT molecular complexity index is 379. The van der Waals surface area contributed by atoms with E-state index in [1.165, 1.54) is 6.26 Å². The maximum Gasteiger partial charge on any atom is 0.452 e. The average Bonchev–Trinajstić information content (AvgIpc) is 2.49. The van der Waals surface area contributed by atoms with Gasteiger partial charge in [-0.05, 0) is 6.92 Å². The Balaban J connectivity index is 2.62. The predicted molar refractivity (Wildman–Crippen MR) is 56.9 cm³/mol. The van der Waals surface area contributed by atoms with Crippen LogP contribution in [0.25, 0.3) is 0 Å². The van der Waals surface area contributed by atoms with E-state index in [4.69, 9.17) is 0 Å². The van der Waals surface area contributed by atoms with Crippen LogP contribution in [0.5, 0.6) is 0 Å². The Morgan fingerprint density at radius 3 is 2.62 bits per heavy atom. The zero-order valence-corrected chi connectivity index (χ0v) is 10.2. The number of hydrogen-bond acceptors (Lipinski definition) is 5. The molecule has 0 fully saturated rings. The van der Waals surface area contributed by atoms with Gasteiger partial charge >= 0.3 is 6.18 Å². The van der Waals surface area contributed by atoms with E-state index in [0.717, 1.165) is 0 Å². The van der Waals surface area contributed by atoms with Crippen molar-refractivity contribution in [1.82, 2.24) is 9.36 Å². The highest BCUT2D eigenvalue weighted by Crippen LogP contribution is 2.29. The van der Waals surface area contributed by atoms with Gasteiger partial charge in [0.25, 0.3) is 0 Å². The molecule has 92 valence electrons. The smallest absolute Gasteiger partial charge is 0.357 e. The van der Waals surface area contributed by atoms with Crippen molar-refractivity contribution in [1.29, 1.82) is 0 Å². The van der Waals surface area contributed by atoms with Crippen LogP contribution < -0.4 is 5.32 Å². The first-order valence-electron chi connectivity index (χ1n) is 4.26. The molecule has 16 heavy (non-hydrogen) atoms. The van der Waals surface area contributed by atoms with Crippen molar-refractivity contribution in [3.63, 3.8) is 0 Å². The third kappa shape index (κ3) is 4.05. The lowest BCUT2D eigenvalue weighted by atomic mass is 10.4. The molecule has 9 heteroatoms. The third-order valence-corrected chi connectivity index (χ3v) is 3.15. The normalized spacial score (nSPS) is 15.8. The van der Waals surface area contributed by atoms with Crippen LogP contribution in [-0.4, -0.2) is 31.6 Å². The number of nitrogens with zero attached hydrogens (tertiary/aromatic N) is 2. The molecule has 1 aromatic rings. The van der Waals surface area contributed by atoms with Gasteiger partial charge in [0.2, 0.25) is 11.0 Å². The van der Waals surface area contributed by atoms with E-state index in [2.05, 4.69) is 14.7 Å². The fourth-order valence-corrected chi connectivity index (χ4v) is 2.49. The molecule has 0 bridgehead atoms. The maximum atomic E-state index is 12.2. The minimum Gasteiger partial charge on any atom is -0.357 e. The maximum absolute atomic E-state index is 12.2. The first kappa shape index (κ1) is 13.4. The summed E-state index contributed by atoms with van der Waals surface area (Å²) in [7, 11) is -1.01. The lowest BCUT2D eigenvalue weighted by molar-refractivity contribution is -0.144. The highest BCUT2D eigenvalue weighted by molar-refractivity contribution is 7.84. The molecule has 0 aromatic carbocycles. The highest BCUT2D eigenvalue weighted by Gasteiger charge is 2.36. The molecule has 1 rings (SSSR count). The van der Waals surface area contributed by atoms with Gasteiger partial charge in [0.15, 0.2) is 0 Å². The van der Waals surface area contributed by atoms with E-state index in [0.29, 0.717) is 17.3 Å². The summed E-state index contributed by atoms with van der Waals surface area (Å²) in [5, 5.41) is 2.81. The molecule has 0 saturated heterocycles. The van der Waals surface area contributed by atoms with Crippen LogP contribution in [-0.2, 0) is 17.0 Å². The van der Waals surface area contributed by atoms with Crippen molar-refractivity contribution in [2.24, 2.45) is 0 Å². The van der Waals surface area contributed by atoms with E-state index >= 15 is 0 Å². The molecule has 0 aliphatic carbocycles. The molecule has 0 amide bonds. The molecule has 0 radical (unpaired) electrons. The average molecular weight is 273 g/mol. The van der Waals surface area contributed by atoms with Gasteiger partial charge in [-0.15, -0.1) is 0 Å². The predicted octanol–water partition coefficient (Wildman–Crippen LogP) is 1.74. The summed E-state index contributed by atoms with van der Waals surface area (Å²) in [6.07, 6.45) is -2.99. The Morgan fingerprint density at radius 1 is 1.56 bits per heavy atom. The zero-order chi connectivity index (χ0) is 12.3.